The summed E-state index contributed by atoms with van der Waals surface area (Å²) in [5.41, 5.74) is 5.86. The molecule has 1 aliphatic rings. The molecule has 3 aromatic rings. The van der Waals surface area contributed by atoms with Crippen LogP contribution in [0.2, 0.25) is 0 Å². The van der Waals surface area contributed by atoms with Crippen molar-refractivity contribution in [3.63, 3.8) is 0 Å². The topological polar surface area (TPSA) is 28.2 Å². The zero-order chi connectivity index (χ0) is 16.4. The van der Waals surface area contributed by atoms with E-state index in [0.29, 0.717) is 0 Å². The molecule has 2 aromatic carbocycles. The molecule has 1 fully saturated rings. The molecule has 0 radical (unpaired) electrons. The van der Waals surface area contributed by atoms with Crippen LogP contribution in [0.3, 0.4) is 0 Å². The predicted octanol–water partition coefficient (Wildman–Crippen LogP) is 5.46. The van der Waals surface area contributed by atoms with Gasteiger partial charge in [-0.3, -0.25) is 0 Å². The number of thiazole rings is 1. The van der Waals surface area contributed by atoms with Gasteiger partial charge in [0.1, 0.15) is 0 Å². The van der Waals surface area contributed by atoms with E-state index in [9.17, 15) is 0 Å². The molecule has 1 aliphatic heterocycles. The van der Waals surface area contributed by atoms with E-state index < -0.39 is 0 Å². The van der Waals surface area contributed by atoms with Crippen molar-refractivity contribution in [2.45, 2.75) is 19.8 Å². The van der Waals surface area contributed by atoms with Crippen molar-refractivity contribution in [2.75, 3.05) is 23.3 Å². The number of nitrogens with zero attached hydrogens (tertiary/aromatic N) is 2. The van der Waals surface area contributed by atoms with E-state index in [4.69, 9.17) is 4.98 Å². The van der Waals surface area contributed by atoms with Crippen LogP contribution in [0.15, 0.2) is 53.9 Å². The normalized spacial score (nSPS) is 14.1. The van der Waals surface area contributed by atoms with Gasteiger partial charge in [-0.15, -0.1) is 11.3 Å². The summed E-state index contributed by atoms with van der Waals surface area (Å²) in [6.45, 7) is 4.46. The molecule has 122 valence electrons. The molecule has 4 heteroatoms. The van der Waals surface area contributed by atoms with E-state index >= 15 is 0 Å². The van der Waals surface area contributed by atoms with Gasteiger partial charge in [0.15, 0.2) is 5.13 Å². The van der Waals surface area contributed by atoms with Crippen LogP contribution >= 0.6 is 11.3 Å². The van der Waals surface area contributed by atoms with E-state index in [1.54, 1.807) is 11.3 Å². The molecular formula is C20H21N3S. The number of aromatic nitrogens is 1. The van der Waals surface area contributed by atoms with Gasteiger partial charge in [-0.2, -0.15) is 0 Å². The molecule has 24 heavy (non-hydrogen) atoms. The van der Waals surface area contributed by atoms with Crippen LogP contribution in [0.1, 0.15) is 18.4 Å². The van der Waals surface area contributed by atoms with E-state index in [1.807, 2.05) is 0 Å². The third-order valence-electron chi connectivity index (χ3n) is 4.41. The molecule has 1 saturated heterocycles. The maximum atomic E-state index is 4.73. The molecular weight excluding hydrogens is 314 g/mol. The minimum absolute atomic E-state index is 0.930. The highest BCUT2D eigenvalue weighted by Crippen LogP contribution is 2.29. The third kappa shape index (κ3) is 3.29. The monoisotopic (exact) mass is 335 g/mol. The van der Waals surface area contributed by atoms with Crippen molar-refractivity contribution in [3.8, 4) is 11.3 Å². The Morgan fingerprint density at radius 2 is 1.83 bits per heavy atom. The molecule has 0 amide bonds. The van der Waals surface area contributed by atoms with Crippen molar-refractivity contribution in [2.24, 2.45) is 0 Å². The largest absolute Gasteiger partial charge is 0.372 e. The van der Waals surface area contributed by atoms with Gasteiger partial charge >= 0.3 is 0 Å². The fourth-order valence-corrected chi connectivity index (χ4v) is 3.87. The molecule has 1 N–H and O–H groups in total. The Labute approximate surface area is 147 Å². The fourth-order valence-electron chi connectivity index (χ4n) is 3.13. The summed E-state index contributed by atoms with van der Waals surface area (Å²) in [5.74, 6) is 0. The SMILES string of the molecule is Cc1cccc(Nc2nc(-c3ccc(N4CCCC4)cc3)cs2)c1. The average Bonchev–Trinajstić information content (AvgIpc) is 3.27. The minimum atomic E-state index is 0.930. The number of anilines is 3. The summed E-state index contributed by atoms with van der Waals surface area (Å²) in [6, 6.07) is 17.1. The average molecular weight is 335 g/mol. The van der Waals surface area contributed by atoms with Crippen molar-refractivity contribution < 1.29 is 0 Å². The second kappa shape index (κ2) is 6.65. The zero-order valence-electron chi connectivity index (χ0n) is 13.8. The Hall–Kier alpha value is -2.33. The first-order valence-electron chi connectivity index (χ1n) is 8.42. The van der Waals surface area contributed by atoms with Gasteiger partial charge in [0.25, 0.3) is 0 Å². The van der Waals surface area contributed by atoms with E-state index in [2.05, 4.69) is 71.1 Å². The van der Waals surface area contributed by atoms with Crippen LogP contribution in [0, 0.1) is 6.92 Å². The van der Waals surface area contributed by atoms with Gasteiger partial charge in [-0.05, 0) is 49.6 Å². The van der Waals surface area contributed by atoms with E-state index in [0.717, 1.165) is 16.5 Å². The molecule has 4 rings (SSSR count). The Bertz CT molecular complexity index is 817. The van der Waals surface area contributed by atoms with Crippen LogP contribution in [-0.4, -0.2) is 18.1 Å². The molecule has 1 aromatic heterocycles. The van der Waals surface area contributed by atoms with Gasteiger partial charge in [0.05, 0.1) is 5.69 Å². The number of aryl methyl sites for hydroxylation is 1. The fraction of sp³-hybridized carbons (Fsp3) is 0.250. The molecule has 2 heterocycles. The van der Waals surface area contributed by atoms with E-state index in [1.165, 1.54) is 42.7 Å². The summed E-state index contributed by atoms with van der Waals surface area (Å²) < 4.78 is 0. The van der Waals surface area contributed by atoms with Crippen LogP contribution < -0.4 is 10.2 Å². The number of rotatable bonds is 4. The summed E-state index contributed by atoms with van der Waals surface area (Å²) in [5, 5.41) is 6.43. The zero-order valence-corrected chi connectivity index (χ0v) is 14.6. The van der Waals surface area contributed by atoms with Gasteiger partial charge in [-0.25, -0.2) is 4.98 Å². The molecule has 0 saturated carbocycles. The Balaban J connectivity index is 1.49. The Morgan fingerprint density at radius 3 is 2.58 bits per heavy atom. The molecule has 3 nitrogen and oxygen atoms in total. The second-order valence-electron chi connectivity index (χ2n) is 6.27. The van der Waals surface area contributed by atoms with Crippen molar-refractivity contribution in [3.05, 3.63) is 59.5 Å². The second-order valence-corrected chi connectivity index (χ2v) is 7.13. The van der Waals surface area contributed by atoms with E-state index in [-0.39, 0.29) is 0 Å². The molecule has 0 spiro atoms. The summed E-state index contributed by atoms with van der Waals surface area (Å²) in [4.78, 5) is 7.18. The summed E-state index contributed by atoms with van der Waals surface area (Å²) >= 11 is 1.64. The highest BCUT2D eigenvalue weighted by atomic mass is 32.1. The van der Waals surface area contributed by atoms with Crippen molar-refractivity contribution >= 4 is 27.8 Å². The highest BCUT2D eigenvalue weighted by Gasteiger charge is 2.12. The first-order chi connectivity index (χ1) is 11.8. The predicted molar refractivity (Wildman–Crippen MR) is 103 cm³/mol. The number of hydrogen-bond acceptors (Lipinski definition) is 4. The first kappa shape index (κ1) is 15.2. The van der Waals surface area contributed by atoms with Crippen LogP contribution in [-0.2, 0) is 0 Å². The number of nitrogens with one attached hydrogen (secondary N) is 1. The first-order valence-corrected chi connectivity index (χ1v) is 9.30. The standard InChI is InChI=1S/C20H21N3S/c1-15-5-4-6-17(13-15)21-20-22-19(14-24-20)16-7-9-18(10-8-16)23-11-2-3-12-23/h4-10,13-14H,2-3,11-12H2,1H3,(H,21,22). The van der Waals surface area contributed by atoms with Crippen molar-refractivity contribution in [1.82, 2.24) is 4.98 Å². The quantitative estimate of drug-likeness (QED) is 0.686. The number of hydrogen-bond donors (Lipinski definition) is 1. The Morgan fingerprint density at radius 1 is 1.04 bits per heavy atom. The van der Waals surface area contributed by atoms with Crippen LogP contribution in [0.5, 0.6) is 0 Å². The van der Waals surface area contributed by atoms with Crippen LogP contribution in [0.4, 0.5) is 16.5 Å². The highest BCUT2D eigenvalue weighted by molar-refractivity contribution is 7.14. The smallest absolute Gasteiger partial charge is 0.187 e. The molecule has 0 bridgehead atoms. The molecule has 0 unspecified atom stereocenters. The van der Waals surface area contributed by atoms with Crippen molar-refractivity contribution in [1.29, 1.82) is 0 Å². The number of benzene rings is 2. The lowest BCUT2D eigenvalue weighted by atomic mass is 10.1. The maximum Gasteiger partial charge on any atom is 0.187 e. The van der Waals surface area contributed by atoms with Gasteiger partial charge in [0.2, 0.25) is 0 Å². The maximum absolute atomic E-state index is 4.73. The molecule has 0 atom stereocenters. The van der Waals surface area contributed by atoms with Crippen LogP contribution in [0.25, 0.3) is 11.3 Å². The molecule has 0 aliphatic carbocycles. The summed E-state index contributed by atoms with van der Waals surface area (Å²) in [6.07, 6.45) is 2.61. The Kier molecular flexibility index (Phi) is 4.22. The third-order valence-corrected chi connectivity index (χ3v) is 5.17. The van der Waals surface area contributed by atoms with Gasteiger partial charge in [0, 0.05) is 35.4 Å². The lowest BCUT2D eigenvalue weighted by molar-refractivity contribution is 0.949. The lowest BCUT2D eigenvalue weighted by Gasteiger charge is -2.17. The lowest BCUT2D eigenvalue weighted by Crippen LogP contribution is -2.17. The van der Waals surface area contributed by atoms with Gasteiger partial charge in [-0.1, -0.05) is 24.3 Å². The van der Waals surface area contributed by atoms with Gasteiger partial charge < -0.3 is 10.2 Å². The summed E-state index contributed by atoms with van der Waals surface area (Å²) in [7, 11) is 0. The minimum Gasteiger partial charge on any atom is -0.372 e.